The molecule has 0 saturated heterocycles. The van der Waals surface area contributed by atoms with Crippen LogP contribution in [0.4, 0.5) is 0 Å². The van der Waals surface area contributed by atoms with Crippen LogP contribution in [0.15, 0.2) is 47.1 Å². The van der Waals surface area contributed by atoms with Crippen LogP contribution in [0.2, 0.25) is 0 Å². The minimum absolute atomic E-state index is 0.0430. The lowest BCUT2D eigenvalue weighted by atomic mass is 10.1. The summed E-state index contributed by atoms with van der Waals surface area (Å²) >= 11 is 0. The number of hydrogen-bond donors (Lipinski definition) is 2. The Labute approximate surface area is 134 Å². The topological polar surface area (TPSA) is 88.8 Å². The highest BCUT2D eigenvalue weighted by Gasteiger charge is 2.24. The van der Waals surface area contributed by atoms with Crippen LogP contribution in [0.3, 0.4) is 0 Å². The van der Waals surface area contributed by atoms with Crippen molar-refractivity contribution in [3.05, 3.63) is 59.5 Å². The van der Waals surface area contributed by atoms with E-state index in [9.17, 15) is 9.59 Å². The number of hydrogen-bond acceptors (Lipinski definition) is 4. The molecule has 0 saturated carbocycles. The van der Waals surface area contributed by atoms with Crippen molar-refractivity contribution >= 4 is 11.9 Å². The highest BCUT2D eigenvalue weighted by molar-refractivity contribution is 5.95. The Bertz CT molecular complexity index is 675. The van der Waals surface area contributed by atoms with E-state index in [1.165, 1.54) is 6.07 Å². The lowest BCUT2D eigenvalue weighted by Crippen LogP contribution is -2.46. The third kappa shape index (κ3) is 4.96. The molecule has 0 aliphatic heterocycles. The first-order valence-electron chi connectivity index (χ1n) is 7.13. The fraction of sp³-hybridized carbons (Fsp3) is 0.294. The number of furan rings is 1. The van der Waals surface area contributed by atoms with Crippen LogP contribution in [0.1, 0.15) is 40.3 Å². The third-order valence-electron chi connectivity index (χ3n) is 3.10. The molecule has 2 aromatic rings. The fourth-order valence-electron chi connectivity index (χ4n) is 1.97. The van der Waals surface area contributed by atoms with Crippen molar-refractivity contribution in [2.45, 2.75) is 26.0 Å². The molecule has 0 atom stereocenters. The van der Waals surface area contributed by atoms with Crippen molar-refractivity contribution in [2.24, 2.45) is 0 Å². The summed E-state index contributed by atoms with van der Waals surface area (Å²) in [5, 5.41) is 11.6. The number of nitrogens with one attached hydrogen (secondary N) is 1. The Morgan fingerprint density at radius 1 is 1.26 bits per heavy atom. The molecule has 0 radical (unpaired) electrons. The number of benzene rings is 1. The Morgan fingerprint density at radius 2 is 1.96 bits per heavy atom. The van der Waals surface area contributed by atoms with Crippen LogP contribution in [0.25, 0.3) is 0 Å². The first kappa shape index (κ1) is 16.8. The summed E-state index contributed by atoms with van der Waals surface area (Å²) in [7, 11) is 0. The quantitative estimate of drug-likeness (QED) is 0.819. The number of ether oxygens (including phenoxy) is 1. The van der Waals surface area contributed by atoms with Crippen LogP contribution in [-0.2, 0) is 11.3 Å². The van der Waals surface area contributed by atoms with E-state index in [0.29, 0.717) is 13.2 Å². The predicted molar refractivity (Wildman–Crippen MR) is 83.3 cm³/mol. The fourth-order valence-corrected chi connectivity index (χ4v) is 1.97. The summed E-state index contributed by atoms with van der Waals surface area (Å²) in [6.45, 7) is 4.39. The van der Waals surface area contributed by atoms with E-state index in [-0.39, 0.29) is 11.3 Å². The van der Waals surface area contributed by atoms with Gasteiger partial charge in [0.05, 0.1) is 24.3 Å². The average molecular weight is 317 g/mol. The number of carbonyl (C=O) groups excluding carboxylic acids is 1. The second-order valence-electron chi connectivity index (χ2n) is 5.82. The summed E-state index contributed by atoms with van der Waals surface area (Å²) in [4.78, 5) is 22.9. The van der Waals surface area contributed by atoms with Gasteiger partial charge >= 0.3 is 5.97 Å². The SMILES string of the molecule is CC(C)(COCc1ccccc1)NC(=O)c1cc(C(=O)O)co1. The summed E-state index contributed by atoms with van der Waals surface area (Å²) in [6.07, 6.45) is 1.04. The summed E-state index contributed by atoms with van der Waals surface area (Å²) < 4.78 is 10.6. The Balaban J connectivity index is 1.86. The molecular weight excluding hydrogens is 298 g/mol. The summed E-state index contributed by atoms with van der Waals surface area (Å²) in [5.41, 5.74) is 0.363. The maximum Gasteiger partial charge on any atom is 0.338 e. The van der Waals surface area contributed by atoms with Gasteiger partial charge in [-0.3, -0.25) is 4.79 Å². The summed E-state index contributed by atoms with van der Waals surface area (Å²) in [5.74, 6) is -1.66. The molecule has 0 bridgehead atoms. The van der Waals surface area contributed by atoms with Gasteiger partial charge < -0.3 is 19.6 Å². The third-order valence-corrected chi connectivity index (χ3v) is 3.10. The molecule has 23 heavy (non-hydrogen) atoms. The van der Waals surface area contributed by atoms with Crippen LogP contribution in [0, 0.1) is 0 Å². The molecule has 1 aromatic carbocycles. The number of carbonyl (C=O) groups is 2. The van der Waals surface area contributed by atoms with Gasteiger partial charge in [-0.25, -0.2) is 4.79 Å². The zero-order chi connectivity index (χ0) is 16.9. The minimum Gasteiger partial charge on any atom is -0.478 e. The molecule has 1 aromatic heterocycles. The molecule has 0 unspecified atom stereocenters. The van der Waals surface area contributed by atoms with E-state index < -0.39 is 17.4 Å². The van der Waals surface area contributed by atoms with E-state index in [4.69, 9.17) is 14.3 Å². The largest absolute Gasteiger partial charge is 0.478 e. The van der Waals surface area contributed by atoms with Crippen molar-refractivity contribution in [1.82, 2.24) is 5.32 Å². The second-order valence-corrected chi connectivity index (χ2v) is 5.82. The van der Waals surface area contributed by atoms with Crippen LogP contribution < -0.4 is 5.32 Å². The van der Waals surface area contributed by atoms with Gasteiger partial charge in [0.2, 0.25) is 0 Å². The average Bonchev–Trinajstić information content (AvgIpc) is 2.98. The number of rotatable bonds is 7. The normalized spacial score (nSPS) is 11.2. The molecule has 6 nitrogen and oxygen atoms in total. The Morgan fingerprint density at radius 3 is 2.57 bits per heavy atom. The van der Waals surface area contributed by atoms with Gasteiger partial charge in [-0.05, 0) is 19.4 Å². The number of amides is 1. The van der Waals surface area contributed by atoms with Gasteiger partial charge in [0.1, 0.15) is 6.26 Å². The lowest BCUT2D eigenvalue weighted by molar-refractivity contribution is 0.0603. The van der Waals surface area contributed by atoms with Crippen molar-refractivity contribution in [3.8, 4) is 0 Å². The van der Waals surface area contributed by atoms with Crippen molar-refractivity contribution in [2.75, 3.05) is 6.61 Å². The zero-order valence-electron chi connectivity index (χ0n) is 13.0. The van der Waals surface area contributed by atoms with E-state index in [1.807, 2.05) is 44.2 Å². The first-order chi connectivity index (χ1) is 10.9. The number of carboxylic acids is 1. The molecule has 0 aliphatic rings. The van der Waals surface area contributed by atoms with Gasteiger partial charge in [0.15, 0.2) is 5.76 Å². The van der Waals surface area contributed by atoms with Gasteiger partial charge in [0, 0.05) is 6.07 Å². The maximum absolute atomic E-state index is 12.1. The first-order valence-corrected chi connectivity index (χ1v) is 7.13. The molecule has 1 heterocycles. The van der Waals surface area contributed by atoms with Crippen LogP contribution in [-0.4, -0.2) is 29.1 Å². The molecule has 0 fully saturated rings. The van der Waals surface area contributed by atoms with E-state index in [0.717, 1.165) is 11.8 Å². The maximum atomic E-state index is 12.1. The molecule has 2 rings (SSSR count). The predicted octanol–water partition coefficient (Wildman–Crippen LogP) is 2.70. The van der Waals surface area contributed by atoms with Crippen LogP contribution in [0.5, 0.6) is 0 Å². The molecular formula is C17H19NO5. The Kier molecular flexibility index (Phi) is 5.18. The van der Waals surface area contributed by atoms with Crippen molar-refractivity contribution in [1.29, 1.82) is 0 Å². The number of carboxylic acid groups (broad SMARTS) is 1. The van der Waals surface area contributed by atoms with E-state index in [1.54, 1.807) is 0 Å². The number of aromatic carboxylic acids is 1. The van der Waals surface area contributed by atoms with Gasteiger partial charge in [-0.2, -0.15) is 0 Å². The second kappa shape index (κ2) is 7.11. The molecule has 1 amide bonds. The molecule has 0 aliphatic carbocycles. The highest BCUT2D eigenvalue weighted by Crippen LogP contribution is 2.11. The standard InChI is InChI=1S/C17H19NO5/c1-17(2,11-22-9-12-6-4-3-5-7-12)18-15(19)14-8-13(10-23-14)16(20)21/h3-8,10H,9,11H2,1-2H3,(H,18,19)(H,20,21). The minimum atomic E-state index is -1.14. The monoisotopic (exact) mass is 317 g/mol. The molecule has 122 valence electrons. The van der Waals surface area contributed by atoms with E-state index in [2.05, 4.69) is 5.32 Å². The zero-order valence-corrected chi connectivity index (χ0v) is 13.0. The van der Waals surface area contributed by atoms with Gasteiger partial charge in [-0.15, -0.1) is 0 Å². The smallest absolute Gasteiger partial charge is 0.338 e. The molecule has 0 spiro atoms. The van der Waals surface area contributed by atoms with Crippen molar-refractivity contribution < 1.29 is 23.8 Å². The highest BCUT2D eigenvalue weighted by atomic mass is 16.5. The lowest BCUT2D eigenvalue weighted by Gasteiger charge is -2.25. The van der Waals surface area contributed by atoms with E-state index >= 15 is 0 Å². The van der Waals surface area contributed by atoms with Crippen molar-refractivity contribution in [3.63, 3.8) is 0 Å². The van der Waals surface area contributed by atoms with Gasteiger partial charge in [-0.1, -0.05) is 30.3 Å². The Hall–Kier alpha value is -2.60. The molecule has 6 heteroatoms. The summed E-state index contributed by atoms with van der Waals surface area (Å²) in [6, 6.07) is 10.9. The van der Waals surface area contributed by atoms with Gasteiger partial charge in [0.25, 0.3) is 5.91 Å². The molecule has 2 N–H and O–H groups in total. The van der Waals surface area contributed by atoms with Crippen LogP contribution >= 0.6 is 0 Å².